The molecule has 0 bridgehead atoms. The summed E-state index contributed by atoms with van der Waals surface area (Å²) in [4.78, 5) is 16.7. The fourth-order valence-corrected chi connectivity index (χ4v) is 4.70. The number of nitrogens with one attached hydrogen (secondary N) is 1. The highest BCUT2D eigenvalue weighted by Gasteiger charge is 2.17. The van der Waals surface area contributed by atoms with Crippen molar-refractivity contribution < 1.29 is 14.3 Å². The van der Waals surface area contributed by atoms with E-state index in [2.05, 4.69) is 25.7 Å². The number of halogens is 1. The highest BCUT2D eigenvalue weighted by atomic mass is 35.5. The highest BCUT2D eigenvalue weighted by molar-refractivity contribution is 7.99. The number of pyridine rings is 1. The maximum atomic E-state index is 12.6. The van der Waals surface area contributed by atoms with Crippen LogP contribution in [0, 0.1) is 0 Å². The molecule has 0 aliphatic heterocycles. The molecule has 41 heavy (non-hydrogen) atoms. The number of carbonyl (C=O) groups excluding carboxylic acids is 1. The number of hydrogen-bond donors (Lipinski definition) is 1. The second kappa shape index (κ2) is 13.6. The molecule has 3 aromatic carbocycles. The van der Waals surface area contributed by atoms with E-state index < -0.39 is 0 Å². The predicted molar refractivity (Wildman–Crippen MR) is 160 cm³/mol. The molecule has 1 N–H and O–H groups in total. The Labute approximate surface area is 246 Å². The third kappa shape index (κ3) is 7.30. The van der Waals surface area contributed by atoms with E-state index in [4.69, 9.17) is 21.1 Å². The van der Waals surface area contributed by atoms with Crippen molar-refractivity contribution in [2.24, 2.45) is 5.10 Å². The van der Waals surface area contributed by atoms with Crippen LogP contribution in [0.5, 0.6) is 11.5 Å². The van der Waals surface area contributed by atoms with Gasteiger partial charge in [-0.25, -0.2) is 5.43 Å². The second-order valence-electron chi connectivity index (χ2n) is 8.62. The van der Waals surface area contributed by atoms with Crippen molar-refractivity contribution in [3.63, 3.8) is 0 Å². The van der Waals surface area contributed by atoms with Crippen LogP contribution in [0.2, 0.25) is 5.02 Å². The second-order valence-corrected chi connectivity index (χ2v) is 10.00. The zero-order valence-corrected chi connectivity index (χ0v) is 23.5. The van der Waals surface area contributed by atoms with Gasteiger partial charge in [0.2, 0.25) is 0 Å². The quantitative estimate of drug-likeness (QED) is 0.119. The van der Waals surface area contributed by atoms with E-state index in [1.165, 1.54) is 11.8 Å². The van der Waals surface area contributed by atoms with E-state index in [-0.39, 0.29) is 11.7 Å². The topological polar surface area (TPSA) is 104 Å². The highest BCUT2D eigenvalue weighted by Crippen LogP contribution is 2.29. The number of ether oxygens (including phenoxy) is 2. The number of carbonyl (C=O) groups is 1. The van der Waals surface area contributed by atoms with E-state index in [9.17, 15) is 4.79 Å². The number of thioether (sulfide) groups is 1. The van der Waals surface area contributed by atoms with Crippen LogP contribution in [0.3, 0.4) is 0 Å². The fourth-order valence-electron chi connectivity index (χ4n) is 3.83. The van der Waals surface area contributed by atoms with Crippen LogP contribution in [0.1, 0.15) is 11.1 Å². The lowest BCUT2D eigenvalue weighted by Gasteiger charge is -2.11. The van der Waals surface area contributed by atoms with Gasteiger partial charge in [0.1, 0.15) is 6.61 Å². The summed E-state index contributed by atoms with van der Waals surface area (Å²) in [6.45, 7) is 0.425. The van der Waals surface area contributed by atoms with Crippen LogP contribution >= 0.6 is 23.4 Å². The summed E-state index contributed by atoms with van der Waals surface area (Å²) < 4.78 is 13.2. The zero-order valence-electron chi connectivity index (χ0n) is 22.0. The van der Waals surface area contributed by atoms with Crippen molar-refractivity contribution >= 4 is 35.5 Å². The molecular weight excluding hydrogens is 560 g/mol. The van der Waals surface area contributed by atoms with E-state index in [0.29, 0.717) is 34.1 Å². The summed E-state index contributed by atoms with van der Waals surface area (Å²) >= 11 is 7.34. The lowest BCUT2D eigenvalue weighted by molar-refractivity contribution is -0.118. The lowest BCUT2D eigenvalue weighted by Crippen LogP contribution is -2.20. The Bertz CT molecular complexity index is 1630. The van der Waals surface area contributed by atoms with Crippen LogP contribution < -0.4 is 14.9 Å². The fraction of sp³-hybridized carbons (Fsp3) is 0.100. The predicted octanol–water partition coefficient (Wildman–Crippen LogP) is 5.81. The van der Waals surface area contributed by atoms with Gasteiger partial charge in [-0.05, 0) is 65.7 Å². The van der Waals surface area contributed by atoms with Gasteiger partial charge in [0, 0.05) is 28.7 Å². The van der Waals surface area contributed by atoms with Crippen LogP contribution in [0.15, 0.2) is 108 Å². The molecule has 0 saturated heterocycles. The van der Waals surface area contributed by atoms with Crippen LogP contribution in [0.4, 0.5) is 0 Å². The van der Waals surface area contributed by atoms with Gasteiger partial charge in [-0.3, -0.25) is 14.3 Å². The number of nitrogens with zero attached hydrogens (tertiary/aromatic N) is 5. The maximum Gasteiger partial charge on any atom is 0.250 e. The molecule has 0 atom stereocenters. The molecule has 2 heterocycles. The van der Waals surface area contributed by atoms with Crippen LogP contribution in [0.25, 0.3) is 17.1 Å². The summed E-state index contributed by atoms with van der Waals surface area (Å²) in [6, 6.07) is 26.3. The number of hydrazone groups is 1. The molecule has 0 aliphatic rings. The molecule has 0 spiro atoms. The summed E-state index contributed by atoms with van der Waals surface area (Å²) in [6.07, 6.45) is 4.93. The van der Waals surface area contributed by atoms with Gasteiger partial charge in [0.25, 0.3) is 5.91 Å². The summed E-state index contributed by atoms with van der Waals surface area (Å²) in [7, 11) is 1.58. The maximum absolute atomic E-state index is 12.6. The van der Waals surface area contributed by atoms with Crippen molar-refractivity contribution in [2.75, 3.05) is 12.9 Å². The van der Waals surface area contributed by atoms with Crippen molar-refractivity contribution in [3.8, 4) is 28.6 Å². The average Bonchev–Trinajstić information content (AvgIpc) is 3.44. The molecule has 1 amide bonds. The Hall–Kier alpha value is -4.67. The molecule has 206 valence electrons. The minimum Gasteiger partial charge on any atom is -0.493 e. The molecule has 0 unspecified atom stereocenters. The van der Waals surface area contributed by atoms with E-state index in [1.807, 2.05) is 71.3 Å². The Balaban J connectivity index is 1.22. The van der Waals surface area contributed by atoms with Gasteiger partial charge in [0.05, 0.1) is 19.1 Å². The first-order chi connectivity index (χ1) is 20.1. The number of methoxy groups -OCH3 is 1. The third-order valence-electron chi connectivity index (χ3n) is 5.82. The zero-order chi connectivity index (χ0) is 28.4. The van der Waals surface area contributed by atoms with Gasteiger partial charge < -0.3 is 9.47 Å². The summed E-state index contributed by atoms with van der Waals surface area (Å²) in [5, 5.41) is 14.0. The summed E-state index contributed by atoms with van der Waals surface area (Å²) in [5.41, 5.74) is 6.02. The van der Waals surface area contributed by atoms with Gasteiger partial charge in [0.15, 0.2) is 22.5 Å². The molecule has 5 rings (SSSR count). The van der Waals surface area contributed by atoms with Gasteiger partial charge in [-0.15, -0.1) is 10.2 Å². The average molecular weight is 585 g/mol. The normalized spacial score (nSPS) is 11.0. The van der Waals surface area contributed by atoms with Crippen LogP contribution in [-0.4, -0.2) is 44.7 Å². The molecule has 5 aromatic rings. The molecule has 9 nitrogen and oxygen atoms in total. The standard InChI is InChI=1S/C30H25ClN6O3S/c1-39-27-17-22(7-12-26(27)40-19-21-5-3-2-4-6-21)18-33-34-28(38)20-41-30-36-35-29(23-13-15-32-16-14-23)37(30)25-10-8-24(31)9-11-25/h2-18H,19-20H2,1H3,(H,34,38)/b33-18+. The Kier molecular flexibility index (Phi) is 9.25. The van der Waals surface area contributed by atoms with Crippen molar-refractivity contribution in [3.05, 3.63) is 113 Å². The summed E-state index contributed by atoms with van der Waals surface area (Å²) in [5.74, 6) is 1.59. The number of benzene rings is 3. The van der Waals surface area contributed by atoms with Crippen molar-refractivity contribution in [2.45, 2.75) is 11.8 Å². The molecule has 0 saturated carbocycles. The molecule has 0 radical (unpaired) electrons. The first-order valence-electron chi connectivity index (χ1n) is 12.5. The van der Waals surface area contributed by atoms with Gasteiger partial charge in [-0.2, -0.15) is 5.10 Å². The minimum absolute atomic E-state index is 0.0784. The smallest absolute Gasteiger partial charge is 0.250 e. The monoisotopic (exact) mass is 584 g/mol. The van der Waals surface area contributed by atoms with Crippen molar-refractivity contribution in [1.82, 2.24) is 25.2 Å². The van der Waals surface area contributed by atoms with Gasteiger partial charge >= 0.3 is 0 Å². The molecule has 0 fully saturated rings. The Morgan fingerprint density at radius 2 is 1.78 bits per heavy atom. The molecule has 0 aliphatic carbocycles. The number of aromatic nitrogens is 4. The molecule has 11 heteroatoms. The third-order valence-corrected chi connectivity index (χ3v) is 7.00. The Morgan fingerprint density at radius 1 is 1.00 bits per heavy atom. The molecular formula is C30H25ClN6O3S. The first-order valence-corrected chi connectivity index (χ1v) is 13.9. The largest absolute Gasteiger partial charge is 0.493 e. The van der Waals surface area contributed by atoms with E-state index >= 15 is 0 Å². The lowest BCUT2D eigenvalue weighted by atomic mass is 10.2. The van der Waals surface area contributed by atoms with Crippen molar-refractivity contribution in [1.29, 1.82) is 0 Å². The Morgan fingerprint density at radius 3 is 2.54 bits per heavy atom. The SMILES string of the molecule is COc1cc(/C=N/NC(=O)CSc2nnc(-c3ccncc3)n2-c2ccc(Cl)cc2)ccc1OCc1ccccc1. The van der Waals surface area contributed by atoms with E-state index in [0.717, 1.165) is 22.4 Å². The van der Waals surface area contributed by atoms with E-state index in [1.54, 1.807) is 43.9 Å². The molecule has 2 aromatic heterocycles. The van der Waals surface area contributed by atoms with Gasteiger partial charge in [-0.1, -0.05) is 53.7 Å². The minimum atomic E-state index is -0.294. The first kappa shape index (κ1) is 27.9. The van der Waals surface area contributed by atoms with Crippen LogP contribution in [-0.2, 0) is 11.4 Å². The number of rotatable bonds is 11. The number of hydrogen-bond acceptors (Lipinski definition) is 8. The number of amides is 1.